The van der Waals surface area contributed by atoms with Gasteiger partial charge in [-0.15, -0.1) is 9.05 Å². The maximum Gasteiger partial charge on any atom is 0.700 e. The Morgan fingerprint density at radius 1 is 0.667 bits per heavy atom. The van der Waals surface area contributed by atoms with Crippen molar-refractivity contribution < 1.29 is 13.6 Å². The SMILES string of the molecule is CCC(CC)(O[P+](=O)OC(CC)(CC)Sc1ccc(C)cc1)Sc1ccc(C)cc1. The van der Waals surface area contributed by atoms with Crippen LogP contribution in [0.3, 0.4) is 0 Å². The summed E-state index contributed by atoms with van der Waals surface area (Å²) in [6, 6.07) is 16.7. The predicted molar refractivity (Wildman–Crippen MR) is 130 cm³/mol. The van der Waals surface area contributed by atoms with Gasteiger partial charge in [-0.3, -0.25) is 0 Å². The monoisotopic (exact) mass is 465 g/mol. The molecule has 3 nitrogen and oxygen atoms in total. The van der Waals surface area contributed by atoms with E-state index >= 15 is 0 Å². The van der Waals surface area contributed by atoms with Gasteiger partial charge < -0.3 is 0 Å². The van der Waals surface area contributed by atoms with Crippen LogP contribution in [0, 0.1) is 13.8 Å². The molecule has 2 aromatic carbocycles. The van der Waals surface area contributed by atoms with Crippen molar-refractivity contribution in [1.29, 1.82) is 0 Å². The van der Waals surface area contributed by atoms with E-state index in [2.05, 4.69) is 90.1 Å². The molecule has 0 heterocycles. The number of aryl methyl sites for hydroxylation is 2. The molecule has 0 aliphatic carbocycles. The Hall–Kier alpha value is -0.840. The van der Waals surface area contributed by atoms with E-state index in [4.69, 9.17) is 9.05 Å². The van der Waals surface area contributed by atoms with Crippen molar-refractivity contribution in [1.82, 2.24) is 0 Å². The molecule has 0 aromatic heterocycles. The molecule has 0 atom stereocenters. The lowest BCUT2D eigenvalue weighted by atomic mass is 10.2. The third kappa shape index (κ3) is 7.10. The van der Waals surface area contributed by atoms with Crippen molar-refractivity contribution in [3.8, 4) is 0 Å². The van der Waals surface area contributed by atoms with E-state index in [1.54, 1.807) is 23.5 Å². The van der Waals surface area contributed by atoms with Gasteiger partial charge in [0.2, 0.25) is 0 Å². The zero-order valence-corrected chi connectivity index (χ0v) is 21.5. The molecule has 0 saturated heterocycles. The molecule has 0 radical (unpaired) electrons. The highest BCUT2D eigenvalue weighted by Crippen LogP contribution is 2.51. The van der Waals surface area contributed by atoms with Gasteiger partial charge in [-0.1, -0.05) is 86.6 Å². The third-order valence-electron chi connectivity index (χ3n) is 5.29. The average Bonchev–Trinajstić information content (AvgIpc) is 2.75. The van der Waals surface area contributed by atoms with Gasteiger partial charge in [0.1, 0.15) is 0 Å². The molecule has 2 rings (SSSR count). The van der Waals surface area contributed by atoms with Crippen LogP contribution in [0.25, 0.3) is 0 Å². The summed E-state index contributed by atoms with van der Waals surface area (Å²) < 4.78 is 25.3. The van der Waals surface area contributed by atoms with Gasteiger partial charge in [-0.2, -0.15) is 0 Å². The Bertz CT molecular complexity index is 731. The number of hydrogen-bond donors (Lipinski definition) is 0. The molecule has 30 heavy (non-hydrogen) atoms. The van der Waals surface area contributed by atoms with Crippen molar-refractivity contribution in [3.63, 3.8) is 0 Å². The van der Waals surface area contributed by atoms with Crippen LogP contribution < -0.4 is 0 Å². The van der Waals surface area contributed by atoms with Crippen molar-refractivity contribution in [2.24, 2.45) is 0 Å². The van der Waals surface area contributed by atoms with E-state index < -0.39 is 18.1 Å². The lowest BCUT2D eigenvalue weighted by molar-refractivity contribution is 0.0881. The summed E-state index contributed by atoms with van der Waals surface area (Å²) in [6.07, 6.45) is 2.96. The van der Waals surface area contributed by atoms with Crippen LogP contribution in [0.15, 0.2) is 58.3 Å². The zero-order chi connectivity index (χ0) is 22.2. The van der Waals surface area contributed by atoms with E-state index in [0.29, 0.717) is 0 Å². The predicted octanol–water partition coefficient (Wildman–Crippen LogP) is 8.91. The Balaban J connectivity index is 2.14. The van der Waals surface area contributed by atoms with Crippen LogP contribution in [0.5, 0.6) is 0 Å². The summed E-state index contributed by atoms with van der Waals surface area (Å²) in [6.45, 7) is 12.4. The Morgan fingerprint density at radius 2 is 0.967 bits per heavy atom. The normalized spacial score (nSPS) is 12.2. The molecule has 2 aromatic rings. The largest absolute Gasteiger partial charge is 0.700 e. The molecule has 0 bridgehead atoms. The van der Waals surface area contributed by atoms with Gasteiger partial charge in [0.25, 0.3) is 0 Å². The first kappa shape index (κ1) is 25.4. The number of thioether (sulfide) groups is 2. The summed E-state index contributed by atoms with van der Waals surface area (Å²) in [7, 11) is -2.28. The topological polar surface area (TPSA) is 35.5 Å². The Kier molecular flexibility index (Phi) is 9.90. The Labute approximate surface area is 191 Å². The molecule has 0 spiro atoms. The summed E-state index contributed by atoms with van der Waals surface area (Å²) in [4.78, 5) is 1.06. The summed E-state index contributed by atoms with van der Waals surface area (Å²) >= 11 is 3.25. The number of hydrogen-bond acceptors (Lipinski definition) is 5. The smallest absolute Gasteiger partial charge is 0.101 e. The zero-order valence-electron chi connectivity index (χ0n) is 18.9. The summed E-state index contributed by atoms with van der Waals surface area (Å²) in [5.41, 5.74) is 2.44. The first-order valence-electron chi connectivity index (χ1n) is 10.7. The standard InChI is InChI=1S/C24H34O3PS2/c1-7-23(8-2,29-21-15-11-19(5)12-16-21)26-28(25)27-24(9-3,10-4)30-22-17-13-20(6)14-18-22/h11-18H,7-10H2,1-6H3/q+1. The fraction of sp³-hybridized carbons (Fsp3) is 0.500. The van der Waals surface area contributed by atoms with Gasteiger partial charge in [-0.05, 0) is 63.8 Å². The minimum Gasteiger partial charge on any atom is -0.101 e. The van der Waals surface area contributed by atoms with Crippen molar-refractivity contribution in [2.75, 3.05) is 0 Å². The molecular formula is C24H34O3PS2+. The molecule has 0 fully saturated rings. The summed E-state index contributed by atoms with van der Waals surface area (Å²) in [5, 5.41) is 0. The van der Waals surface area contributed by atoms with Crippen LogP contribution in [-0.2, 0) is 13.6 Å². The Morgan fingerprint density at radius 3 is 1.23 bits per heavy atom. The second kappa shape index (κ2) is 11.7. The third-order valence-corrected chi connectivity index (χ3v) is 9.61. The lowest BCUT2D eigenvalue weighted by Crippen LogP contribution is -2.28. The van der Waals surface area contributed by atoms with Crippen LogP contribution in [-0.4, -0.2) is 9.87 Å². The molecule has 0 unspecified atom stereocenters. The molecule has 6 heteroatoms. The number of rotatable bonds is 12. The van der Waals surface area contributed by atoms with Gasteiger partial charge in [0.05, 0.1) is 0 Å². The van der Waals surface area contributed by atoms with Gasteiger partial charge in [0, 0.05) is 14.4 Å². The van der Waals surface area contributed by atoms with Gasteiger partial charge in [-0.25, -0.2) is 0 Å². The fourth-order valence-electron chi connectivity index (χ4n) is 3.02. The first-order chi connectivity index (χ1) is 14.3. The molecule has 0 saturated carbocycles. The van der Waals surface area contributed by atoms with Crippen molar-refractivity contribution in [3.05, 3.63) is 59.7 Å². The van der Waals surface area contributed by atoms with Crippen molar-refractivity contribution >= 4 is 31.8 Å². The second-order valence-electron chi connectivity index (χ2n) is 7.47. The minimum absolute atomic E-state index is 0.579. The highest BCUT2D eigenvalue weighted by atomic mass is 32.2. The van der Waals surface area contributed by atoms with Crippen LogP contribution in [0.2, 0.25) is 0 Å². The second-order valence-corrected chi connectivity index (χ2v) is 11.1. The summed E-state index contributed by atoms with van der Waals surface area (Å²) in [5.74, 6) is 0. The van der Waals surface area contributed by atoms with Crippen LogP contribution >= 0.6 is 31.8 Å². The maximum absolute atomic E-state index is 13.1. The van der Waals surface area contributed by atoms with Crippen molar-refractivity contribution in [2.45, 2.75) is 86.9 Å². The van der Waals surface area contributed by atoms with Gasteiger partial charge >= 0.3 is 8.25 Å². The molecule has 0 aliphatic rings. The molecule has 0 aliphatic heterocycles. The van der Waals surface area contributed by atoms with Gasteiger partial charge in [0.15, 0.2) is 9.87 Å². The first-order valence-corrected chi connectivity index (χ1v) is 13.4. The van der Waals surface area contributed by atoms with Crippen LogP contribution in [0.4, 0.5) is 0 Å². The highest BCUT2D eigenvalue weighted by Gasteiger charge is 2.46. The van der Waals surface area contributed by atoms with E-state index in [1.165, 1.54) is 11.1 Å². The quantitative estimate of drug-likeness (QED) is 0.178. The molecular weight excluding hydrogens is 431 g/mol. The molecule has 0 amide bonds. The fourth-order valence-corrected chi connectivity index (χ4v) is 6.76. The molecule has 164 valence electrons. The van der Waals surface area contributed by atoms with E-state index in [0.717, 1.165) is 35.5 Å². The van der Waals surface area contributed by atoms with E-state index in [1.807, 2.05) is 0 Å². The highest BCUT2D eigenvalue weighted by molar-refractivity contribution is 8.01. The maximum atomic E-state index is 13.1. The average molecular weight is 466 g/mol. The van der Waals surface area contributed by atoms with E-state index in [9.17, 15) is 4.57 Å². The number of benzene rings is 2. The van der Waals surface area contributed by atoms with Crippen LogP contribution in [0.1, 0.15) is 64.5 Å². The minimum atomic E-state index is -2.28. The molecule has 0 N–H and O–H groups in total. The van der Waals surface area contributed by atoms with E-state index in [-0.39, 0.29) is 0 Å². The lowest BCUT2D eigenvalue weighted by Gasteiger charge is -2.27.